The second-order valence-electron chi connectivity index (χ2n) is 3.71. The first-order valence-electron chi connectivity index (χ1n) is 4.11. The van der Waals surface area contributed by atoms with Gasteiger partial charge < -0.3 is 10.0 Å². The molecular formula is C7H13N5O2. The summed E-state index contributed by atoms with van der Waals surface area (Å²) in [5.41, 5.74) is -0.936. The van der Waals surface area contributed by atoms with E-state index in [0.29, 0.717) is 0 Å². The van der Waals surface area contributed by atoms with Gasteiger partial charge in [-0.15, -0.1) is 10.2 Å². The molecule has 0 aliphatic rings. The molecule has 0 aliphatic heterocycles. The quantitative estimate of drug-likeness (QED) is 0.654. The fraction of sp³-hybridized carbons (Fsp3) is 0.714. The SMILES string of the molecule is CN(CC(C)(C)O)C(=O)c1nn[nH]n1. The van der Waals surface area contributed by atoms with Crippen LogP contribution in [-0.2, 0) is 0 Å². The summed E-state index contributed by atoms with van der Waals surface area (Å²) in [5, 5.41) is 22.0. The van der Waals surface area contributed by atoms with Crippen molar-refractivity contribution in [3.8, 4) is 0 Å². The zero-order valence-corrected chi connectivity index (χ0v) is 8.35. The first-order chi connectivity index (χ1) is 6.40. The summed E-state index contributed by atoms with van der Waals surface area (Å²) in [7, 11) is 1.57. The maximum absolute atomic E-state index is 11.5. The molecule has 78 valence electrons. The number of carbonyl (C=O) groups is 1. The molecule has 0 fully saturated rings. The Balaban J connectivity index is 2.63. The van der Waals surface area contributed by atoms with Crippen molar-refractivity contribution >= 4 is 5.91 Å². The average Bonchev–Trinajstić information content (AvgIpc) is 2.51. The van der Waals surface area contributed by atoms with Crippen molar-refractivity contribution in [1.29, 1.82) is 0 Å². The Bertz CT molecular complexity index is 302. The second kappa shape index (κ2) is 3.70. The van der Waals surface area contributed by atoms with Gasteiger partial charge in [0.1, 0.15) is 0 Å². The van der Waals surface area contributed by atoms with Crippen molar-refractivity contribution in [3.05, 3.63) is 5.82 Å². The summed E-state index contributed by atoms with van der Waals surface area (Å²) in [4.78, 5) is 12.9. The van der Waals surface area contributed by atoms with E-state index < -0.39 is 5.60 Å². The van der Waals surface area contributed by atoms with Crippen LogP contribution in [0.3, 0.4) is 0 Å². The van der Waals surface area contributed by atoms with Crippen molar-refractivity contribution in [3.63, 3.8) is 0 Å². The number of rotatable bonds is 3. The van der Waals surface area contributed by atoms with Crippen molar-refractivity contribution < 1.29 is 9.90 Å². The fourth-order valence-electron chi connectivity index (χ4n) is 1.08. The summed E-state index contributed by atoms with van der Waals surface area (Å²) >= 11 is 0. The molecule has 0 atom stereocenters. The lowest BCUT2D eigenvalue weighted by atomic mass is 10.1. The van der Waals surface area contributed by atoms with Gasteiger partial charge in [-0.25, -0.2) is 0 Å². The van der Waals surface area contributed by atoms with Gasteiger partial charge in [-0.05, 0) is 19.1 Å². The molecule has 1 aromatic heterocycles. The van der Waals surface area contributed by atoms with E-state index >= 15 is 0 Å². The number of H-pyrrole nitrogens is 1. The minimum absolute atomic E-state index is 0.00301. The molecule has 0 radical (unpaired) electrons. The third kappa shape index (κ3) is 2.77. The summed E-state index contributed by atoms with van der Waals surface area (Å²) in [6.07, 6.45) is 0. The predicted octanol–water partition coefficient (Wildman–Crippen LogP) is -0.957. The Kier molecular flexibility index (Phi) is 2.80. The van der Waals surface area contributed by atoms with Gasteiger partial charge in [0, 0.05) is 13.6 Å². The Hall–Kier alpha value is -1.50. The van der Waals surface area contributed by atoms with Crippen molar-refractivity contribution in [1.82, 2.24) is 25.5 Å². The molecule has 1 rings (SSSR count). The molecule has 0 saturated heterocycles. The first kappa shape index (κ1) is 10.6. The number of amides is 1. The van der Waals surface area contributed by atoms with E-state index in [4.69, 9.17) is 0 Å². The number of likely N-dealkylation sites (N-methyl/N-ethyl adjacent to an activating group) is 1. The normalized spacial score (nSPS) is 11.4. The van der Waals surface area contributed by atoms with Gasteiger partial charge in [0.15, 0.2) is 0 Å². The fourth-order valence-corrected chi connectivity index (χ4v) is 1.08. The minimum Gasteiger partial charge on any atom is -0.389 e. The van der Waals surface area contributed by atoms with Crippen molar-refractivity contribution in [2.45, 2.75) is 19.4 Å². The molecule has 7 heteroatoms. The average molecular weight is 199 g/mol. The van der Waals surface area contributed by atoms with Crippen LogP contribution in [0.4, 0.5) is 0 Å². The van der Waals surface area contributed by atoms with E-state index in [1.807, 2.05) is 0 Å². The number of aliphatic hydroxyl groups is 1. The lowest BCUT2D eigenvalue weighted by molar-refractivity contribution is 0.0361. The van der Waals surface area contributed by atoms with E-state index in [-0.39, 0.29) is 18.3 Å². The number of hydrogen-bond acceptors (Lipinski definition) is 5. The van der Waals surface area contributed by atoms with Crippen LogP contribution in [0.5, 0.6) is 0 Å². The number of nitrogens with zero attached hydrogens (tertiary/aromatic N) is 4. The summed E-state index contributed by atoms with van der Waals surface area (Å²) < 4.78 is 0. The number of hydrogen-bond donors (Lipinski definition) is 2. The van der Waals surface area contributed by atoms with Crippen LogP contribution in [0.15, 0.2) is 0 Å². The lowest BCUT2D eigenvalue weighted by Gasteiger charge is -2.24. The highest BCUT2D eigenvalue weighted by Crippen LogP contribution is 2.04. The van der Waals surface area contributed by atoms with Crippen molar-refractivity contribution in [2.24, 2.45) is 0 Å². The largest absolute Gasteiger partial charge is 0.389 e. The summed E-state index contributed by atoms with van der Waals surface area (Å²) in [6, 6.07) is 0. The third-order valence-electron chi connectivity index (χ3n) is 1.51. The van der Waals surface area contributed by atoms with Crippen LogP contribution in [-0.4, -0.2) is 55.7 Å². The minimum atomic E-state index is -0.936. The first-order valence-corrected chi connectivity index (χ1v) is 4.11. The number of carbonyl (C=O) groups excluding carboxylic acids is 1. The number of nitrogens with one attached hydrogen (secondary N) is 1. The highest BCUT2D eigenvalue weighted by Gasteiger charge is 2.22. The molecule has 0 bridgehead atoms. The molecule has 0 saturated carbocycles. The van der Waals surface area contributed by atoms with E-state index in [1.165, 1.54) is 4.90 Å². The third-order valence-corrected chi connectivity index (χ3v) is 1.51. The highest BCUT2D eigenvalue weighted by molar-refractivity contribution is 5.89. The molecule has 14 heavy (non-hydrogen) atoms. The Morgan fingerprint density at radius 3 is 2.71 bits per heavy atom. The van der Waals surface area contributed by atoms with Gasteiger partial charge in [0.2, 0.25) is 0 Å². The van der Waals surface area contributed by atoms with E-state index in [9.17, 15) is 9.90 Å². The number of aromatic amines is 1. The van der Waals surface area contributed by atoms with Crippen LogP contribution in [0, 0.1) is 0 Å². The molecule has 0 aromatic carbocycles. The second-order valence-corrected chi connectivity index (χ2v) is 3.71. The van der Waals surface area contributed by atoms with Gasteiger partial charge >= 0.3 is 0 Å². The summed E-state index contributed by atoms with van der Waals surface area (Å²) in [5.74, 6) is -0.377. The molecule has 0 unspecified atom stereocenters. The van der Waals surface area contributed by atoms with E-state index in [2.05, 4.69) is 20.6 Å². The monoisotopic (exact) mass is 199 g/mol. The van der Waals surface area contributed by atoms with Crippen LogP contribution in [0.25, 0.3) is 0 Å². The van der Waals surface area contributed by atoms with Gasteiger partial charge in [0.25, 0.3) is 11.7 Å². The van der Waals surface area contributed by atoms with Crippen LogP contribution >= 0.6 is 0 Å². The predicted molar refractivity (Wildman–Crippen MR) is 47.4 cm³/mol. The van der Waals surface area contributed by atoms with Gasteiger partial charge in [-0.2, -0.15) is 5.21 Å². The van der Waals surface area contributed by atoms with E-state index in [0.717, 1.165) is 0 Å². The topological polar surface area (TPSA) is 95.0 Å². The molecule has 1 aromatic rings. The van der Waals surface area contributed by atoms with Crippen LogP contribution in [0.2, 0.25) is 0 Å². The molecule has 2 N–H and O–H groups in total. The highest BCUT2D eigenvalue weighted by atomic mass is 16.3. The van der Waals surface area contributed by atoms with Crippen LogP contribution in [0.1, 0.15) is 24.5 Å². The maximum atomic E-state index is 11.5. The number of aromatic nitrogens is 4. The Labute approximate surface area is 81.1 Å². The standard InChI is InChI=1S/C7H13N5O2/c1-7(2,14)4-12(3)6(13)5-8-10-11-9-5/h14H,4H2,1-3H3,(H,8,9,10,11). The zero-order valence-electron chi connectivity index (χ0n) is 8.35. The Morgan fingerprint density at radius 1 is 1.64 bits per heavy atom. The number of tetrazole rings is 1. The van der Waals surface area contributed by atoms with Crippen molar-refractivity contribution in [2.75, 3.05) is 13.6 Å². The molecule has 1 amide bonds. The van der Waals surface area contributed by atoms with Crippen LogP contribution < -0.4 is 0 Å². The molecule has 1 heterocycles. The molecule has 0 spiro atoms. The van der Waals surface area contributed by atoms with Gasteiger partial charge in [0.05, 0.1) is 5.60 Å². The zero-order chi connectivity index (χ0) is 10.8. The molecule has 0 aliphatic carbocycles. The van der Waals surface area contributed by atoms with Gasteiger partial charge in [-0.1, -0.05) is 0 Å². The molecule has 7 nitrogen and oxygen atoms in total. The smallest absolute Gasteiger partial charge is 0.295 e. The Morgan fingerprint density at radius 2 is 2.29 bits per heavy atom. The van der Waals surface area contributed by atoms with Gasteiger partial charge in [-0.3, -0.25) is 4.79 Å². The van der Waals surface area contributed by atoms with E-state index in [1.54, 1.807) is 20.9 Å². The lowest BCUT2D eigenvalue weighted by Crippen LogP contribution is -2.40. The maximum Gasteiger partial charge on any atom is 0.295 e. The summed E-state index contributed by atoms with van der Waals surface area (Å²) in [6.45, 7) is 3.44. The molecular weight excluding hydrogens is 186 g/mol.